The second-order valence-electron chi connectivity index (χ2n) is 2.29. The van der Waals surface area contributed by atoms with Gasteiger partial charge in [0.1, 0.15) is 5.41 Å². The number of carbonyl (C=O) groups is 1. The number of nitrogens with zero attached hydrogens (tertiary/aromatic N) is 1. The summed E-state index contributed by atoms with van der Waals surface area (Å²) in [5.41, 5.74) is -0.830. The largest absolute Gasteiger partial charge is 0.297 e. The van der Waals surface area contributed by atoms with Crippen molar-refractivity contribution < 1.29 is 4.79 Å². The molecule has 50 valence electrons. The molecule has 0 aliphatic heterocycles. The number of alkyl halides is 1. The lowest BCUT2D eigenvalue weighted by atomic mass is 9.91. The van der Waals surface area contributed by atoms with Crippen molar-refractivity contribution in [2.75, 3.05) is 5.33 Å². The zero-order valence-corrected chi connectivity index (χ0v) is 7.03. The van der Waals surface area contributed by atoms with Gasteiger partial charge in [0.25, 0.3) is 0 Å². The van der Waals surface area contributed by atoms with E-state index in [-0.39, 0.29) is 11.1 Å². The molecule has 0 aromatic heterocycles. The first kappa shape index (κ1) is 8.64. The van der Waals surface area contributed by atoms with Gasteiger partial charge in [-0.15, -0.1) is 0 Å². The maximum absolute atomic E-state index is 10.8. The minimum Gasteiger partial charge on any atom is -0.297 e. The van der Waals surface area contributed by atoms with Crippen LogP contribution in [0.1, 0.15) is 13.8 Å². The molecule has 0 aromatic carbocycles. The standard InChI is InChI=1S/C6H8BrNO/c1-6(2,4-8)5(9)3-7/h3H2,1-2H3. The molecule has 0 aliphatic carbocycles. The predicted octanol–water partition coefficient (Wildman–Crippen LogP) is 1.50. The van der Waals surface area contributed by atoms with E-state index in [1.54, 1.807) is 13.8 Å². The molecule has 0 amide bonds. The molecular formula is C6H8BrNO. The van der Waals surface area contributed by atoms with Gasteiger partial charge in [0.15, 0.2) is 5.78 Å². The van der Waals surface area contributed by atoms with Gasteiger partial charge >= 0.3 is 0 Å². The van der Waals surface area contributed by atoms with Crippen LogP contribution in [0, 0.1) is 16.7 Å². The second-order valence-corrected chi connectivity index (χ2v) is 2.85. The Bertz CT molecular complexity index is 157. The number of nitriles is 1. The molecule has 0 rings (SSSR count). The summed E-state index contributed by atoms with van der Waals surface area (Å²) in [5, 5.41) is 8.66. The van der Waals surface area contributed by atoms with E-state index in [9.17, 15) is 4.79 Å². The molecule has 0 N–H and O–H groups in total. The van der Waals surface area contributed by atoms with Crippen LogP contribution in [-0.4, -0.2) is 11.1 Å². The molecule has 0 atom stereocenters. The molecule has 2 nitrogen and oxygen atoms in total. The second kappa shape index (κ2) is 2.98. The van der Waals surface area contributed by atoms with Gasteiger partial charge in [0.2, 0.25) is 0 Å². The van der Waals surface area contributed by atoms with Crippen molar-refractivity contribution in [3.63, 3.8) is 0 Å². The number of hydrogen-bond donors (Lipinski definition) is 0. The predicted molar refractivity (Wildman–Crippen MR) is 38.2 cm³/mol. The molecule has 0 bridgehead atoms. The molecule has 9 heavy (non-hydrogen) atoms. The fraction of sp³-hybridized carbons (Fsp3) is 0.667. The van der Waals surface area contributed by atoms with Crippen molar-refractivity contribution in [2.24, 2.45) is 5.41 Å². The van der Waals surface area contributed by atoms with Gasteiger partial charge in [0.05, 0.1) is 11.4 Å². The minimum absolute atomic E-state index is 0.0787. The maximum atomic E-state index is 10.8. The van der Waals surface area contributed by atoms with E-state index in [4.69, 9.17) is 5.26 Å². The van der Waals surface area contributed by atoms with E-state index in [2.05, 4.69) is 15.9 Å². The van der Waals surface area contributed by atoms with Crippen LogP contribution in [-0.2, 0) is 4.79 Å². The Morgan fingerprint density at radius 1 is 1.78 bits per heavy atom. The monoisotopic (exact) mass is 189 g/mol. The molecule has 0 radical (unpaired) electrons. The normalized spacial score (nSPS) is 10.4. The van der Waals surface area contributed by atoms with Gasteiger partial charge in [-0.25, -0.2) is 0 Å². The molecule has 0 saturated heterocycles. The Morgan fingerprint density at radius 2 is 2.22 bits per heavy atom. The van der Waals surface area contributed by atoms with Crippen LogP contribution in [0.3, 0.4) is 0 Å². The Labute approximate surface area is 63.0 Å². The van der Waals surface area contributed by atoms with Gasteiger partial charge < -0.3 is 0 Å². The molecule has 0 saturated carbocycles. The highest BCUT2D eigenvalue weighted by atomic mass is 79.9. The highest BCUT2D eigenvalue weighted by Gasteiger charge is 2.25. The summed E-state index contributed by atoms with van der Waals surface area (Å²) in [4.78, 5) is 10.8. The highest BCUT2D eigenvalue weighted by Crippen LogP contribution is 2.15. The van der Waals surface area contributed by atoms with E-state index in [0.29, 0.717) is 0 Å². The summed E-state index contributed by atoms with van der Waals surface area (Å²) in [5.74, 6) is -0.0787. The van der Waals surface area contributed by atoms with Crippen molar-refractivity contribution in [2.45, 2.75) is 13.8 Å². The lowest BCUT2D eigenvalue weighted by Crippen LogP contribution is -2.22. The summed E-state index contributed by atoms with van der Waals surface area (Å²) in [7, 11) is 0. The SMILES string of the molecule is CC(C)(C#N)C(=O)CBr. The van der Waals surface area contributed by atoms with Crippen molar-refractivity contribution in [1.29, 1.82) is 5.26 Å². The third kappa shape index (κ3) is 2.15. The Morgan fingerprint density at radius 3 is 2.33 bits per heavy atom. The fourth-order valence-corrected chi connectivity index (χ4v) is 0.930. The number of halogens is 1. The number of Topliss-reactive ketones (excluding diaryl/α,β-unsaturated/α-hetero) is 1. The van der Waals surface area contributed by atoms with Crippen LogP contribution in [0.25, 0.3) is 0 Å². The zero-order valence-electron chi connectivity index (χ0n) is 5.44. The lowest BCUT2D eigenvalue weighted by molar-refractivity contribution is -0.121. The fourth-order valence-electron chi connectivity index (χ4n) is 0.229. The topological polar surface area (TPSA) is 40.9 Å². The first-order valence-electron chi connectivity index (χ1n) is 2.55. The van der Waals surface area contributed by atoms with Gasteiger partial charge in [-0.2, -0.15) is 5.26 Å². The summed E-state index contributed by atoms with van der Waals surface area (Å²) in [6, 6.07) is 1.91. The Kier molecular flexibility index (Phi) is 2.86. The van der Waals surface area contributed by atoms with Crippen LogP contribution in [0.4, 0.5) is 0 Å². The van der Waals surface area contributed by atoms with Crippen LogP contribution in [0.5, 0.6) is 0 Å². The highest BCUT2D eigenvalue weighted by molar-refractivity contribution is 9.09. The summed E-state index contributed by atoms with van der Waals surface area (Å²) >= 11 is 2.99. The molecular weight excluding hydrogens is 182 g/mol. The molecule has 0 aliphatic rings. The molecule has 0 aromatic rings. The molecule has 0 fully saturated rings. The summed E-state index contributed by atoms with van der Waals surface area (Å²) < 4.78 is 0. The summed E-state index contributed by atoms with van der Waals surface area (Å²) in [6.07, 6.45) is 0. The average molecular weight is 190 g/mol. The Balaban J connectivity index is 4.19. The number of carbonyl (C=O) groups excluding carboxylic acids is 1. The van der Waals surface area contributed by atoms with Crippen LogP contribution < -0.4 is 0 Å². The smallest absolute Gasteiger partial charge is 0.162 e. The first-order valence-corrected chi connectivity index (χ1v) is 3.67. The molecule has 0 heterocycles. The van der Waals surface area contributed by atoms with Gasteiger partial charge in [-0.1, -0.05) is 15.9 Å². The quantitative estimate of drug-likeness (QED) is 0.619. The summed E-state index contributed by atoms with van der Waals surface area (Å²) in [6.45, 7) is 3.22. The van der Waals surface area contributed by atoms with Crippen molar-refractivity contribution in [3.05, 3.63) is 0 Å². The average Bonchev–Trinajstić information content (AvgIpc) is 1.86. The third-order valence-corrected chi connectivity index (χ3v) is 1.61. The zero-order chi connectivity index (χ0) is 7.49. The number of ketones is 1. The number of rotatable bonds is 2. The van der Waals surface area contributed by atoms with E-state index in [1.165, 1.54) is 0 Å². The van der Waals surface area contributed by atoms with Crippen molar-refractivity contribution in [3.8, 4) is 6.07 Å². The Hall–Kier alpha value is -0.360. The first-order chi connectivity index (χ1) is 4.04. The van der Waals surface area contributed by atoms with E-state index in [1.807, 2.05) is 6.07 Å². The molecule has 0 spiro atoms. The maximum Gasteiger partial charge on any atom is 0.162 e. The van der Waals surface area contributed by atoms with Crippen LogP contribution >= 0.6 is 15.9 Å². The molecule has 0 unspecified atom stereocenters. The third-order valence-electron chi connectivity index (χ3n) is 1.10. The van der Waals surface area contributed by atoms with Crippen molar-refractivity contribution >= 4 is 21.7 Å². The van der Waals surface area contributed by atoms with Gasteiger partial charge in [-0.05, 0) is 13.8 Å². The molecule has 3 heteroatoms. The van der Waals surface area contributed by atoms with E-state index < -0.39 is 5.41 Å². The van der Waals surface area contributed by atoms with E-state index in [0.717, 1.165) is 0 Å². The van der Waals surface area contributed by atoms with E-state index >= 15 is 0 Å². The van der Waals surface area contributed by atoms with Crippen LogP contribution in [0.2, 0.25) is 0 Å². The lowest BCUT2D eigenvalue weighted by Gasteiger charge is -2.09. The van der Waals surface area contributed by atoms with Crippen LogP contribution in [0.15, 0.2) is 0 Å². The number of hydrogen-bond acceptors (Lipinski definition) is 2. The van der Waals surface area contributed by atoms with Gasteiger partial charge in [-0.3, -0.25) is 4.79 Å². The minimum atomic E-state index is -0.830. The van der Waals surface area contributed by atoms with Crippen molar-refractivity contribution in [1.82, 2.24) is 0 Å². The van der Waals surface area contributed by atoms with Gasteiger partial charge in [0, 0.05) is 0 Å².